The van der Waals surface area contributed by atoms with Gasteiger partial charge >= 0.3 is 0 Å². The molecule has 0 spiro atoms. The normalized spacial score (nSPS) is 27.9. The fourth-order valence-electron chi connectivity index (χ4n) is 2.09. The van der Waals surface area contributed by atoms with Gasteiger partial charge in [0, 0.05) is 12.1 Å². The van der Waals surface area contributed by atoms with Crippen molar-refractivity contribution in [1.29, 1.82) is 0 Å². The molecule has 2 atom stereocenters. The number of hydrazine groups is 1. The fraction of sp³-hybridized carbons (Fsp3) is 0.700. The highest BCUT2D eigenvalue weighted by Gasteiger charge is 2.25. The van der Waals surface area contributed by atoms with Gasteiger partial charge in [-0.15, -0.1) is 0 Å². The Kier molecular flexibility index (Phi) is 3.11. The molecule has 1 fully saturated rings. The molecule has 0 radical (unpaired) electrons. The highest BCUT2D eigenvalue weighted by molar-refractivity contribution is 7.19. The van der Waals surface area contributed by atoms with Gasteiger partial charge in [0.25, 0.3) is 0 Å². The SMILES string of the molecule is CC1CCCC(C)N1Nc1ncc(N)s1. The quantitative estimate of drug-likeness (QED) is 0.812. The molecule has 2 unspecified atom stereocenters. The lowest BCUT2D eigenvalue weighted by Gasteiger charge is -2.38. The predicted molar refractivity (Wildman–Crippen MR) is 64.8 cm³/mol. The van der Waals surface area contributed by atoms with Crippen molar-refractivity contribution >= 4 is 21.5 Å². The summed E-state index contributed by atoms with van der Waals surface area (Å²) < 4.78 is 0. The van der Waals surface area contributed by atoms with Crippen LogP contribution in [0.5, 0.6) is 0 Å². The van der Waals surface area contributed by atoms with E-state index >= 15 is 0 Å². The Bertz CT molecular complexity index is 315. The van der Waals surface area contributed by atoms with Crippen LogP contribution in [-0.2, 0) is 0 Å². The molecule has 1 aliphatic heterocycles. The Hall–Kier alpha value is -0.810. The molecule has 2 heterocycles. The predicted octanol–water partition coefficient (Wildman–Crippen LogP) is 2.32. The number of aromatic nitrogens is 1. The lowest BCUT2D eigenvalue weighted by Crippen LogP contribution is -2.47. The van der Waals surface area contributed by atoms with E-state index in [4.69, 9.17) is 5.73 Å². The molecular weight excluding hydrogens is 208 g/mol. The van der Waals surface area contributed by atoms with Crippen molar-refractivity contribution < 1.29 is 0 Å². The standard InChI is InChI=1S/C10H18N4S/c1-7-4-3-5-8(2)14(7)13-10-12-6-9(11)15-10/h6-8H,3-5,11H2,1-2H3,(H,12,13). The van der Waals surface area contributed by atoms with Gasteiger partial charge in [-0.1, -0.05) is 17.8 Å². The minimum absolute atomic E-state index is 0.568. The second kappa shape index (κ2) is 4.37. The number of nitrogens with one attached hydrogen (secondary N) is 1. The summed E-state index contributed by atoms with van der Waals surface area (Å²) in [7, 11) is 0. The van der Waals surface area contributed by atoms with Gasteiger partial charge in [-0.2, -0.15) is 0 Å². The topological polar surface area (TPSA) is 54.2 Å². The highest BCUT2D eigenvalue weighted by Crippen LogP contribution is 2.26. The van der Waals surface area contributed by atoms with Gasteiger partial charge in [0.2, 0.25) is 0 Å². The molecule has 1 aliphatic rings. The van der Waals surface area contributed by atoms with E-state index in [2.05, 4.69) is 29.3 Å². The maximum atomic E-state index is 5.65. The van der Waals surface area contributed by atoms with Crippen molar-refractivity contribution in [2.45, 2.75) is 45.2 Å². The monoisotopic (exact) mass is 226 g/mol. The summed E-state index contributed by atoms with van der Waals surface area (Å²) in [5, 5.41) is 3.95. The van der Waals surface area contributed by atoms with Gasteiger partial charge in [-0.25, -0.2) is 9.99 Å². The van der Waals surface area contributed by atoms with Crippen molar-refractivity contribution in [3.05, 3.63) is 6.20 Å². The third-order valence-corrected chi connectivity index (χ3v) is 3.67. The Labute approximate surface area is 94.5 Å². The molecule has 0 aliphatic carbocycles. The van der Waals surface area contributed by atoms with E-state index in [-0.39, 0.29) is 0 Å². The highest BCUT2D eigenvalue weighted by atomic mass is 32.1. The van der Waals surface area contributed by atoms with Crippen LogP contribution in [0, 0.1) is 0 Å². The van der Waals surface area contributed by atoms with Gasteiger partial charge in [0.1, 0.15) is 5.00 Å². The molecule has 84 valence electrons. The smallest absolute Gasteiger partial charge is 0.199 e. The molecule has 2 rings (SSSR count). The van der Waals surface area contributed by atoms with Crippen LogP contribution < -0.4 is 11.2 Å². The van der Waals surface area contributed by atoms with Gasteiger partial charge in [-0.05, 0) is 26.7 Å². The summed E-state index contributed by atoms with van der Waals surface area (Å²) in [6.07, 6.45) is 5.52. The molecule has 15 heavy (non-hydrogen) atoms. The molecule has 0 saturated carbocycles. The van der Waals surface area contributed by atoms with Crippen LogP contribution in [0.4, 0.5) is 10.1 Å². The summed E-state index contributed by atoms with van der Waals surface area (Å²) >= 11 is 1.50. The van der Waals surface area contributed by atoms with Crippen molar-refractivity contribution in [1.82, 2.24) is 9.99 Å². The number of anilines is 2. The third-order valence-electron chi connectivity index (χ3n) is 2.94. The van der Waals surface area contributed by atoms with Crippen LogP contribution in [-0.4, -0.2) is 22.1 Å². The van der Waals surface area contributed by atoms with Gasteiger partial charge in [0.15, 0.2) is 5.13 Å². The Morgan fingerprint density at radius 1 is 1.47 bits per heavy atom. The zero-order valence-corrected chi connectivity index (χ0v) is 10.0. The van der Waals surface area contributed by atoms with Crippen LogP contribution in [0.2, 0.25) is 0 Å². The second-order valence-electron chi connectivity index (χ2n) is 4.22. The molecule has 1 aromatic heterocycles. The molecule has 0 aromatic carbocycles. The van der Waals surface area contributed by atoms with E-state index in [0.717, 1.165) is 10.1 Å². The van der Waals surface area contributed by atoms with Crippen molar-refractivity contribution in [2.24, 2.45) is 0 Å². The number of nitrogens with two attached hydrogens (primary N) is 1. The number of hydrogen-bond donors (Lipinski definition) is 2. The number of rotatable bonds is 2. The number of nitrogen functional groups attached to an aromatic ring is 1. The lowest BCUT2D eigenvalue weighted by atomic mass is 10.00. The first kappa shape index (κ1) is 10.7. The minimum Gasteiger partial charge on any atom is -0.389 e. The van der Waals surface area contributed by atoms with Gasteiger partial charge in [0.05, 0.1) is 6.20 Å². The van der Waals surface area contributed by atoms with Crippen LogP contribution in [0.15, 0.2) is 6.20 Å². The van der Waals surface area contributed by atoms with E-state index in [1.807, 2.05) is 0 Å². The number of hydrogen-bond acceptors (Lipinski definition) is 5. The molecule has 4 nitrogen and oxygen atoms in total. The van der Waals surface area contributed by atoms with E-state index in [1.165, 1.54) is 30.6 Å². The molecular formula is C10H18N4S. The van der Waals surface area contributed by atoms with Gasteiger partial charge < -0.3 is 5.73 Å². The second-order valence-corrected chi connectivity index (χ2v) is 5.28. The van der Waals surface area contributed by atoms with Crippen LogP contribution in [0.1, 0.15) is 33.1 Å². The minimum atomic E-state index is 0.568. The average molecular weight is 226 g/mol. The first-order valence-corrected chi connectivity index (χ1v) is 6.25. The molecule has 0 amide bonds. The molecule has 3 N–H and O–H groups in total. The number of nitrogens with zero attached hydrogens (tertiary/aromatic N) is 2. The van der Waals surface area contributed by atoms with E-state index in [1.54, 1.807) is 6.20 Å². The van der Waals surface area contributed by atoms with Crippen molar-refractivity contribution in [3.63, 3.8) is 0 Å². The first-order chi connectivity index (χ1) is 7.16. The number of thiazole rings is 1. The molecule has 0 bridgehead atoms. The van der Waals surface area contributed by atoms with E-state index in [0.29, 0.717) is 12.1 Å². The molecule has 1 saturated heterocycles. The van der Waals surface area contributed by atoms with Gasteiger partial charge in [-0.3, -0.25) is 5.43 Å². The fourth-order valence-corrected chi connectivity index (χ4v) is 2.68. The van der Waals surface area contributed by atoms with Crippen LogP contribution in [0.3, 0.4) is 0 Å². The summed E-state index contributed by atoms with van der Waals surface area (Å²) in [6.45, 7) is 4.50. The van der Waals surface area contributed by atoms with Crippen molar-refractivity contribution in [3.8, 4) is 0 Å². The number of piperidine rings is 1. The third kappa shape index (κ3) is 2.41. The van der Waals surface area contributed by atoms with E-state index < -0.39 is 0 Å². The Balaban J connectivity index is 2.03. The Morgan fingerprint density at radius 3 is 2.67 bits per heavy atom. The molecule has 5 heteroatoms. The lowest BCUT2D eigenvalue weighted by molar-refractivity contribution is 0.135. The first-order valence-electron chi connectivity index (χ1n) is 5.43. The Morgan fingerprint density at radius 2 is 2.13 bits per heavy atom. The maximum absolute atomic E-state index is 5.65. The maximum Gasteiger partial charge on any atom is 0.199 e. The molecule has 1 aromatic rings. The van der Waals surface area contributed by atoms with Crippen LogP contribution >= 0.6 is 11.3 Å². The largest absolute Gasteiger partial charge is 0.389 e. The van der Waals surface area contributed by atoms with Crippen LogP contribution in [0.25, 0.3) is 0 Å². The van der Waals surface area contributed by atoms with Crippen molar-refractivity contribution in [2.75, 3.05) is 11.2 Å². The summed E-state index contributed by atoms with van der Waals surface area (Å²) in [5.41, 5.74) is 9.01. The summed E-state index contributed by atoms with van der Waals surface area (Å²) in [6, 6.07) is 1.14. The summed E-state index contributed by atoms with van der Waals surface area (Å²) in [4.78, 5) is 4.22. The average Bonchev–Trinajstić information content (AvgIpc) is 2.58. The zero-order chi connectivity index (χ0) is 10.8. The van der Waals surface area contributed by atoms with E-state index in [9.17, 15) is 0 Å². The zero-order valence-electron chi connectivity index (χ0n) is 9.23. The summed E-state index contributed by atoms with van der Waals surface area (Å²) in [5.74, 6) is 0.